The number of hydrogen-bond donors (Lipinski definition) is 2. The lowest BCUT2D eigenvalue weighted by Gasteiger charge is -2.13. The Labute approximate surface area is 218 Å². The second kappa shape index (κ2) is 10.7. The molecule has 0 saturated heterocycles. The number of rotatable bonds is 6. The molecule has 186 valence electrons. The Balaban J connectivity index is 1.39. The molecule has 0 aliphatic heterocycles. The molecule has 2 N–H and O–H groups in total. The van der Waals surface area contributed by atoms with Crippen molar-refractivity contribution in [3.8, 4) is 11.5 Å². The van der Waals surface area contributed by atoms with E-state index in [2.05, 4.69) is 20.8 Å². The Bertz CT molecular complexity index is 1480. The molecule has 0 atom stereocenters. The Morgan fingerprint density at radius 1 is 1.03 bits per heavy atom. The van der Waals surface area contributed by atoms with Gasteiger partial charge in [-0.05, 0) is 62.2 Å². The summed E-state index contributed by atoms with van der Waals surface area (Å²) in [6.07, 6.45) is 3.63. The third-order valence-electron chi connectivity index (χ3n) is 5.88. The summed E-state index contributed by atoms with van der Waals surface area (Å²) < 4.78 is 11.9. The molecule has 2 aromatic carbocycles. The number of para-hydroxylation sites is 1. The van der Waals surface area contributed by atoms with E-state index >= 15 is 0 Å². The van der Waals surface area contributed by atoms with Crippen LogP contribution < -0.4 is 15.5 Å². The number of halogens is 1. The lowest BCUT2D eigenvalue weighted by atomic mass is 9.93. The predicted molar refractivity (Wildman–Crippen MR) is 141 cm³/mol. The Morgan fingerprint density at radius 2 is 1.84 bits per heavy atom. The van der Waals surface area contributed by atoms with Crippen LogP contribution in [-0.2, 0) is 6.42 Å². The molecule has 2 amide bonds. The number of hydrogen-bond acceptors (Lipinski definition) is 6. The number of furan rings is 1. The summed E-state index contributed by atoms with van der Waals surface area (Å²) in [5.41, 5.74) is 5.28. The standard InChI is InChI=1S/C28H23ClN4O4/c1-17-25-20(32-33-27(34)21-10-5-6-15-30-21)11-7-12-24(25)37-26(17)28(35)31-22-16-18(29)13-14-23(22)36-19-8-3-2-4-9-19/h2-6,8-10,13-16H,7,11-12H2,1H3,(H,31,35)(H,33,34)/b32-20+. The molecule has 1 aliphatic carbocycles. The summed E-state index contributed by atoms with van der Waals surface area (Å²) in [6, 6.07) is 19.3. The maximum atomic E-state index is 13.3. The first-order chi connectivity index (χ1) is 18.0. The number of anilines is 1. The maximum Gasteiger partial charge on any atom is 0.291 e. The number of nitrogens with one attached hydrogen (secondary N) is 2. The van der Waals surface area contributed by atoms with Gasteiger partial charge in [0, 0.05) is 28.8 Å². The van der Waals surface area contributed by atoms with Crippen molar-refractivity contribution >= 4 is 34.8 Å². The van der Waals surface area contributed by atoms with Gasteiger partial charge in [-0.2, -0.15) is 5.10 Å². The van der Waals surface area contributed by atoms with Gasteiger partial charge in [0.15, 0.2) is 11.5 Å². The van der Waals surface area contributed by atoms with E-state index in [1.807, 2.05) is 30.3 Å². The number of ether oxygens (including phenoxy) is 1. The molecule has 4 aromatic rings. The molecular weight excluding hydrogens is 492 g/mol. The highest BCUT2D eigenvalue weighted by Gasteiger charge is 2.28. The van der Waals surface area contributed by atoms with Gasteiger partial charge in [-0.1, -0.05) is 35.9 Å². The first-order valence-electron chi connectivity index (χ1n) is 11.7. The van der Waals surface area contributed by atoms with Gasteiger partial charge >= 0.3 is 0 Å². The number of hydrazone groups is 1. The van der Waals surface area contributed by atoms with Crippen LogP contribution in [0.2, 0.25) is 5.02 Å². The number of aryl methyl sites for hydroxylation is 1. The fraction of sp³-hybridized carbons (Fsp3) is 0.143. The van der Waals surface area contributed by atoms with Gasteiger partial charge in [0.1, 0.15) is 17.2 Å². The largest absolute Gasteiger partial charge is 0.455 e. The number of aromatic nitrogens is 1. The number of nitrogens with zero attached hydrogens (tertiary/aromatic N) is 2. The number of carbonyl (C=O) groups is 2. The van der Waals surface area contributed by atoms with Crippen molar-refractivity contribution in [3.05, 3.63) is 106 Å². The van der Waals surface area contributed by atoms with Crippen molar-refractivity contribution in [1.29, 1.82) is 0 Å². The Morgan fingerprint density at radius 3 is 2.62 bits per heavy atom. The first kappa shape index (κ1) is 24.3. The molecule has 8 nitrogen and oxygen atoms in total. The van der Waals surface area contributed by atoms with E-state index < -0.39 is 11.8 Å². The van der Waals surface area contributed by atoms with Crippen LogP contribution in [0.5, 0.6) is 11.5 Å². The van der Waals surface area contributed by atoms with Crippen molar-refractivity contribution < 1.29 is 18.7 Å². The fourth-order valence-corrected chi connectivity index (χ4v) is 4.32. The summed E-state index contributed by atoms with van der Waals surface area (Å²) in [5.74, 6) is 1.04. The van der Waals surface area contributed by atoms with Gasteiger partial charge in [0.05, 0.1) is 11.4 Å². The molecule has 37 heavy (non-hydrogen) atoms. The minimum Gasteiger partial charge on any atom is -0.455 e. The molecule has 0 bridgehead atoms. The van der Waals surface area contributed by atoms with Crippen LogP contribution in [-0.4, -0.2) is 22.5 Å². The van der Waals surface area contributed by atoms with Crippen molar-refractivity contribution in [1.82, 2.24) is 10.4 Å². The minimum atomic E-state index is -0.441. The highest BCUT2D eigenvalue weighted by atomic mass is 35.5. The van der Waals surface area contributed by atoms with Gasteiger partial charge in [0.25, 0.3) is 11.8 Å². The van der Waals surface area contributed by atoms with E-state index in [1.54, 1.807) is 49.5 Å². The quantitative estimate of drug-likeness (QED) is 0.300. The van der Waals surface area contributed by atoms with Crippen LogP contribution in [0, 0.1) is 6.92 Å². The van der Waals surface area contributed by atoms with Gasteiger partial charge in [0.2, 0.25) is 0 Å². The highest BCUT2D eigenvalue weighted by Crippen LogP contribution is 2.34. The zero-order chi connectivity index (χ0) is 25.8. The highest BCUT2D eigenvalue weighted by molar-refractivity contribution is 6.31. The maximum absolute atomic E-state index is 13.3. The zero-order valence-electron chi connectivity index (χ0n) is 20.0. The Hall–Kier alpha value is -4.43. The SMILES string of the molecule is Cc1c(C(=O)Nc2cc(Cl)ccc2Oc2ccccc2)oc2c1/C(=N/NC(=O)c1ccccn1)CCC2. The van der Waals surface area contributed by atoms with E-state index in [9.17, 15) is 9.59 Å². The molecular formula is C28H23ClN4O4. The van der Waals surface area contributed by atoms with E-state index in [-0.39, 0.29) is 11.5 Å². The summed E-state index contributed by atoms with van der Waals surface area (Å²) in [4.78, 5) is 29.7. The van der Waals surface area contributed by atoms with Crippen LogP contribution >= 0.6 is 11.6 Å². The molecule has 0 fully saturated rings. The molecule has 0 saturated carbocycles. The van der Waals surface area contributed by atoms with Crippen molar-refractivity contribution in [2.45, 2.75) is 26.2 Å². The van der Waals surface area contributed by atoms with E-state index in [0.717, 1.165) is 12.0 Å². The third-order valence-corrected chi connectivity index (χ3v) is 6.12. The summed E-state index contributed by atoms with van der Waals surface area (Å²) in [6.45, 7) is 1.80. The van der Waals surface area contributed by atoms with Crippen LogP contribution in [0.1, 0.15) is 50.8 Å². The lowest BCUT2D eigenvalue weighted by Crippen LogP contribution is -2.22. The molecule has 1 aliphatic rings. The number of pyridine rings is 1. The average molecular weight is 515 g/mol. The molecule has 0 spiro atoms. The van der Waals surface area contributed by atoms with Gasteiger partial charge in [-0.25, -0.2) is 5.43 Å². The molecule has 2 aromatic heterocycles. The van der Waals surface area contributed by atoms with Crippen LogP contribution in [0.25, 0.3) is 0 Å². The van der Waals surface area contributed by atoms with Crippen molar-refractivity contribution in [3.63, 3.8) is 0 Å². The number of benzene rings is 2. The van der Waals surface area contributed by atoms with Gasteiger partial charge in [-0.3, -0.25) is 14.6 Å². The predicted octanol–water partition coefficient (Wildman–Crippen LogP) is 6.15. The average Bonchev–Trinajstić information content (AvgIpc) is 3.27. The van der Waals surface area contributed by atoms with Crippen LogP contribution in [0.4, 0.5) is 5.69 Å². The van der Waals surface area contributed by atoms with Crippen molar-refractivity contribution in [2.75, 3.05) is 5.32 Å². The second-order valence-electron chi connectivity index (χ2n) is 8.43. The molecule has 0 radical (unpaired) electrons. The summed E-state index contributed by atoms with van der Waals surface area (Å²) in [5, 5.41) is 7.65. The lowest BCUT2D eigenvalue weighted by molar-refractivity contribution is 0.0948. The van der Waals surface area contributed by atoms with Gasteiger partial charge < -0.3 is 14.5 Å². The summed E-state index contributed by atoms with van der Waals surface area (Å²) in [7, 11) is 0. The molecule has 0 unspecified atom stereocenters. The molecule has 5 rings (SSSR count). The number of carbonyl (C=O) groups excluding carboxylic acids is 2. The monoisotopic (exact) mass is 514 g/mol. The molecule has 9 heteroatoms. The smallest absolute Gasteiger partial charge is 0.291 e. The number of amides is 2. The van der Waals surface area contributed by atoms with Crippen LogP contribution in [0.15, 0.2) is 82.4 Å². The van der Waals surface area contributed by atoms with E-state index in [1.165, 1.54) is 0 Å². The third kappa shape index (κ3) is 5.39. The van der Waals surface area contributed by atoms with E-state index in [0.29, 0.717) is 52.1 Å². The summed E-state index contributed by atoms with van der Waals surface area (Å²) >= 11 is 6.20. The van der Waals surface area contributed by atoms with E-state index in [4.69, 9.17) is 20.8 Å². The van der Waals surface area contributed by atoms with Gasteiger partial charge in [-0.15, -0.1) is 0 Å². The fourth-order valence-electron chi connectivity index (χ4n) is 4.15. The second-order valence-corrected chi connectivity index (χ2v) is 8.87. The first-order valence-corrected chi connectivity index (χ1v) is 12.1. The zero-order valence-corrected chi connectivity index (χ0v) is 20.7. The minimum absolute atomic E-state index is 0.168. The number of fused-ring (bicyclic) bond motifs is 1. The van der Waals surface area contributed by atoms with Crippen molar-refractivity contribution in [2.24, 2.45) is 5.10 Å². The van der Waals surface area contributed by atoms with Crippen LogP contribution in [0.3, 0.4) is 0 Å². The normalized spacial score (nSPS) is 13.6. The molecule has 2 heterocycles. The topological polar surface area (TPSA) is 106 Å². The Kier molecular flexibility index (Phi) is 7.00.